The molecule has 3 aliphatic carbocycles. The molecule has 4 radical (unpaired) electrons. The van der Waals surface area contributed by atoms with Crippen molar-refractivity contribution in [2.75, 3.05) is 52.4 Å². The van der Waals surface area contributed by atoms with Crippen LogP contribution in [0.25, 0.3) is 0 Å². The van der Waals surface area contributed by atoms with Crippen molar-refractivity contribution in [3.05, 3.63) is 105 Å². The van der Waals surface area contributed by atoms with Crippen LogP contribution in [0.15, 0.2) is 54.6 Å². The van der Waals surface area contributed by atoms with Crippen LogP contribution in [0.4, 0.5) is 0 Å². The van der Waals surface area contributed by atoms with Crippen LogP contribution in [-0.4, -0.2) is 90.8 Å². The Labute approximate surface area is 513 Å². The molecule has 3 heterocycles. The molecule has 6 aliphatic rings. The molecule has 7 nitrogen and oxygen atoms in total. The second kappa shape index (κ2) is 67.7. The summed E-state index contributed by atoms with van der Waals surface area (Å²) in [6.07, 6.45) is 13.4. The van der Waals surface area contributed by atoms with Gasteiger partial charge >= 0.3 is 0 Å². The SMILES string of the molecule is C.C.C.C1CCNCC1.CC.CC.CC.CC.CC.CC.CC.CC.CC.CC(=O)c1ccc2c(c1)C2C=O.CC(=O)c1ccc2c(c1)C2CN1CCCCC1.OCc1ccc2c(c1)C2CN1CCCCC1.[B]I.[V].[V]. The Morgan fingerprint density at radius 1 is 0.500 bits per heavy atom. The fourth-order valence-electron chi connectivity index (χ4n) is 7.97. The summed E-state index contributed by atoms with van der Waals surface area (Å²) >= 11 is 1.65. The molecule has 2 N–H and O–H groups in total. The minimum atomic E-state index is -0.0295. The number of benzene rings is 3. The number of piperidine rings is 3. The summed E-state index contributed by atoms with van der Waals surface area (Å²) < 4.78 is 0. The van der Waals surface area contributed by atoms with Crippen molar-refractivity contribution in [3.8, 4) is 0 Å². The van der Waals surface area contributed by atoms with Gasteiger partial charge in [-0.3, -0.25) is 9.59 Å². The number of carbonyl (C=O) groups is 3. The second-order valence-electron chi connectivity index (χ2n) is 15.2. The standard InChI is InChI=1S/C15H19NO.C14H19NO.C10H8O2.C5H11N.9C2H6.3CH4.BI.2V/c1-11(17)12-5-6-13-14(9-12)15(13)10-16-7-3-2-4-8-16;16-10-11-4-5-12-13(8-11)14(12)9-15-6-2-1-3-7-15;1-6(12)7-2-3-8-9(4-7)10(8)5-11;1-2-4-6-5-3-1;9*1-2;;;;1-2;;/h5-6,9,15H,2-4,7-8,10H2,1H3;4-5,8,14,16H,1-3,6-7,9-10H2;2-5,10H,1H3;6H,1-5H2;9*1-2H3;3*1H4;;;. The van der Waals surface area contributed by atoms with E-state index >= 15 is 0 Å². The molecule has 11 heteroatoms. The zero-order chi connectivity index (χ0) is 55.7. The predicted octanol–water partition coefficient (Wildman–Crippen LogP) is 18.9. The summed E-state index contributed by atoms with van der Waals surface area (Å²) in [6, 6.07) is 18.0. The normalized spacial score (nSPS) is 15.8. The van der Waals surface area contributed by atoms with Gasteiger partial charge in [0.1, 0.15) is 6.29 Å². The Hall–Kier alpha value is -1.53. The van der Waals surface area contributed by atoms with E-state index < -0.39 is 0 Å². The number of nitrogens with zero attached hydrogens (tertiary/aromatic N) is 2. The molecule has 442 valence electrons. The average molecular weight is 1250 g/mol. The van der Waals surface area contributed by atoms with Gasteiger partial charge in [0.15, 0.2) is 17.3 Å². The number of rotatable bonds is 8. The molecule has 3 saturated heterocycles. The van der Waals surface area contributed by atoms with Crippen LogP contribution < -0.4 is 5.32 Å². The summed E-state index contributed by atoms with van der Waals surface area (Å²) in [6.45, 7) is 49.3. The molecule has 3 aromatic carbocycles. The summed E-state index contributed by atoms with van der Waals surface area (Å²) in [4.78, 5) is 37.8. The zero-order valence-corrected chi connectivity index (χ0v) is 55.6. The van der Waals surface area contributed by atoms with E-state index in [-0.39, 0.29) is 83.5 Å². The zero-order valence-electron chi connectivity index (χ0n) is 50.6. The van der Waals surface area contributed by atoms with E-state index in [2.05, 4.69) is 51.2 Å². The van der Waals surface area contributed by atoms with Gasteiger partial charge in [0.25, 0.3) is 0 Å². The van der Waals surface area contributed by atoms with Gasteiger partial charge < -0.3 is 25.0 Å². The van der Waals surface area contributed by atoms with Crippen LogP contribution in [0.5, 0.6) is 0 Å². The van der Waals surface area contributed by atoms with Gasteiger partial charge in [-0.05, 0) is 143 Å². The first-order valence-electron chi connectivity index (χ1n) is 28.7. The number of likely N-dealkylation sites (tertiary alicyclic amines) is 2. The van der Waals surface area contributed by atoms with Crippen LogP contribution in [0.1, 0.15) is 296 Å². The molecule has 3 atom stereocenters. The van der Waals surface area contributed by atoms with Crippen molar-refractivity contribution in [1.82, 2.24) is 15.1 Å². The van der Waals surface area contributed by atoms with Gasteiger partial charge in [-0.1, -0.05) is 209 Å². The van der Waals surface area contributed by atoms with Crippen LogP contribution in [0.3, 0.4) is 0 Å². The molecule has 76 heavy (non-hydrogen) atoms. The van der Waals surface area contributed by atoms with E-state index in [1.54, 1.807) is 41.4 Å². The van der Waals surface area contributed by atoms with Crippen molar-refractivity contribution in [3.63, 3.8) is 0 Å². The number of Topliss-reactive ketones (excluding diaryl/α,β-unsaturated/α-hetero) is 2. The second-order valence-corrected chi connectivity index (χ2v) is 15.2. The third-order valence-corrected chi connectivity index (χ3v) is 11.4. The van der Waals surface area contributed by atoms with Crippen LogP contribution in [0, 0.1) is 0 Å². The molecule has 9 rings (SSSR count). The molecular weight excluding hydrogens is 1130 g/mol. The molecule has 0 bridgehead atoms. The largest absolute Gasteiger partial charge is 0.392 e. The van der Waals surface area contributed by atoms with E-state index in [0.29, 0.717) is 17.4 Å². The number of aldehydes is 1. The number of aliphatic hydroxyl groups is 1. The Morgan fingerprint density at radius 3 is 1.12 bits per heavy atom. The predicted molar refractivity (Wildman–Crippen MR) is 346 cm³/mol. The van der Waals surface area contributed by atoms with Crippen LogP contribution >= 0.6 is 22.4 Å². The minimum Gasteiger partial charge on any atom is -0.392 e. The molecule has 3 aromatic rings. The summed E-state index contributed by atoms with van der Waals surface area (Å²) in [5.74, 6) is 1.48. The smallest absolute Gasteiger partial charge is 0.169 e. The number of aliphatic hydroxyl groups excluding tert-OH is 1. The van der Waals surface area contributed by atoms with E-state index in [1.165, 1.54) is 133 Å². The van der Waals surface area contributed by atoms with E-state index in [0.717, 1.165) is 35.1 Å². The fraction of sp³-hybridized carbons (Fsp3) is 0.677. The van der Waals surface area contributed by atoms with Gasteiger partial charge in [-0.2, -0.15) is 22.4 Å². The molecule has 0 spiro atoms. The molecule has 3 fully saturated rings. The molecule has 3 unspecified atom stereocenters. The maximum atomic E-state index is 11.3. The van der Waals surface area contributed by atoms with Crippen LogP contribution in [0.2, 0.25) is 0 Å². The van der Waals surface area contributed by atoms with Crippen molar-refractivity contribution < 1.29 is 56.6 Å². The third-order valence-electron chi connectivity index (χ3n) is 11.4. The number of hydrogen-bond acceptors (Lipinski definition) is 7. The average Bonchev–Trinajstić information content (AvgIpc) is 4.45. The Kier molecular flexibility index (Phi) is 86.2. The number of halogens is 1. The van der Waals surface area contributed by atoms with Crippen molar-refractivity contribution in [2.45, 2.75) is 243 Å². The van der Waals surface area contributed by atoms with Gasteiger partial charge in [-0.25, -0.2) is 0 Å². The van der Waals surface area contributed by atoms with Gasteiger partial charge in [0, 0.05) is 73.2 Å². The maximum Gasteiger partial charge on any atom is 0.169 e. The van der Waals surface area contributed by atoms with Crippen molar-refractivity contribution in [2.24, 2.45) is 0 Å². The van der Waals surface area contributed by atoms with Gasteiger partial charge in [0.2, 0.25) is 0 Å². The maximum absolute atomic E-state index is 11.3. The quantitative estimate of drug-likeness (QED) is 0.101. The molecule has 3 aliphatic heterocycles. The van der Waals surface area contributed by atoms with Crippen LogP contribution in [-0.2, 0) is 48.5 Å². The monoisotopic (exact) mass is 1250 g/mol. The molecule has 0 amide bonds. The van der Waals surface area contributed by atoms with Crippen molar-refractivity contribution in [1.29, 1.82) is 0 Å². The number of fused-ring (bicyclic) bond motifs is 3. The van der Waals surface area contributed by atoms with Gasteiger partial charge in [-0.15, -0.1) is 0 Å². The van der Waals surface area contributed by atoms with E-state index in [4.69, 9.17) is 5.11 Å². The molecule has 0 saturated carbocycles. The first kappa shape index (κ1) is 96.7. The Balaban J connectivity index is -0.0000000863. The fourth-order valence-corrected chi connectivity index (χ4v) is 7.97. The van der Waals surface area contributed by atoms with Crippen molar-refractivity contribution >= 4 is 45.9 Å². The van der Waals surface area contributed by atoms with E-state index in [1.807, 2.05) is 137 Å². The minimum absolute atomic E-state index is 0. The number of ketones is 2. The molecule has 0 aromatic heterocycles. The summed E-state index contributed by atoms with van der Waals surface area (Å²) in [7, 11) is 0. The topological polar surface area (TPSA) is 90.0 Å². The van der Waals surface area contributed by atoms with E-state index in [9.17, 15) is 14.4 Å². The number of hydrogen-bond donors (Lipinski definition) is 2. The molecular formula is C65H123BIN3O4V2. The summed E-state index contributed by atoms with van der Waals surface area (Å²) in [5, 5.41) is 12.4. The Bertz CT molecular complexity index is 1690. The number of carbonyl (C=O) groups excluding carboxylic acids is 3. The third kappa shape index (κ3) is 39.0. The van der Waals surface area contributed by atoms with Gasteiger partial charge in [0.05, 0.1) is 12.5 Å². The first-order valence-corrected chi connectivity index (χ1v) is 30.0. The summed E-state index contributed by atoms with van der Waals surface area (Å²) in [5.41, 5.74) is 15.0. The number of nitrogens with one attached hydrogen (secondary N) is 1. The first-order chi connectivity index (χ1) is 34.9. The Morgan fingerprint density at radius 2 is 0.816 bits per heavy atom.